The molecule has 0 bridgehead atoms. The Kier molecular flexibility index (Phi) is 3.07. The van der Waals surface area contributed by atoms with Crippen molar-refractivity contribution in [3.05, 3.63) is 17.2 Å². The highest BCUT2D eigenvalue weighted by Crippen LogP contribution is 2.34. The molecule has 1 heterocycles. The SMILES string of the molecule is Brc1[nH]c(I)c(Br)c1Br. The van der Waals surface area contributed by atoms with E-state index in [0.29, 0.717) is 0 Å². The van der Waals surface area contributed by atoms with Crippen LogP contribution in [0.3, 0.4) is 0 Å². The topological polar surface area (TPSA) is 15.8 Å². The van der Waals surface area contributed by atoms with Crippen LogP contribution in [0, 0.1) is 3.70 Å². The lowest BCUT2D eigenvalue weighted by Gasteiger charge is -1.81. The van der Waals surface area contributed by atoms with Crippen LogP contribution < -0.4 is 0 Å². The van der Waals surface area contributed by atoms with Crippen molar-refractivity contribution < 1.29 is 0 Å². The van der Waals surface area contributed by atoms with Crippen molar-refractivity contribution in [3.63, 3.8) is 0 Å². The number of hydrogen-bond acceptors (Lipinski definition) is 0. The maximum Gasteiger partial charge on any atom is 0.0984 e. The normalized spacial score (nSPS) is 10.2. The molecule has 1 nitrogen and oxygen atoms in total. The van der Waals surface area contributed by atoms with Crippen molar-refractivity contribution in [1.29, 1.82) is 0 Å². The van der Waals surface area contributed by atoms with Crippen molar-refractivity contribution >= 4 is 70.4 Å². The zero-order valence-corrected chi connectivity index (χ0v) is 10.9. The van der Waals surface area contributed by atoms with Gasteiger partial charge in [0.2, 0.25) is 0 Å². The average molecular weight is 430 g/mol. The number of H-pyrrole nitrogens is 1. The molecule has 0 unspecified atom stereocenters. The summed E-state index contributed by atoms with van der Waals surface area (Å²) in [5.41, 5.74) is 0. The summed E-state index contributed by atoms with van der Waals surface area (Å²) in [7, 11) is 0. The largest absolute Gasteiger partial charge is 0.343 e. The van der Waals surface area contributed by atoms with Gasteiger partial charge in [-0.1, -0.05) is 0 Å². The van der Waals surface area contributed by atoms with E-state index in [4.69, 9.17) is 0 Å². The fraction of sp³-hybridized carbons (Fsp3) is 0. The van der Waals surface area contributed by atoms with Gasteiger partial charge in [-0.15, -0.1) is 0 Å². The smallest absolute Gasteiger partial charge is 0.0984 e. The minimum absolute atomic E-state index is 0.971. The lowest BCUT2D eigenvalue weighted by atomic mass is 10.7. The van der Waals surface area contributed by atoms with Crippen LogP contribution in [-0.4, -0.2) is 4.98 Å². The Balaban J connectivity index is 3.29. The van der Waals surface area contributed by atoms with E-state index in [9.17, 15) is 0 Å². The molecule has 1 aromatic heterocycles. The monoisotopic (exact) mass is 427 g/mol. The molecule has 1 aromatic rings. The second-order valence-electron chi connectivity index (χ2n) is 1.38. The Morgan fingerprint density at radius 3 is 1.78 bits per heavy atom. The Morgan fingerprint density at radius 2 is 1.67 bits per heavy atom. The summed E-state index contributed by atoms with van der Waals surface area (Å²) in [6, 6.07) is 0. The minimum atomic E-state index is 0.971. The molecule has 50 valence electrons. The molecule has 5 heteroatoms. The predicted octanol–water partition coefficient (Wildman–Crippen LogP) is 3.91. The summed E-state index contributed by atoms with van der Waals surface area (Å²) in [5, 5.41) is 0. The number of halogens is 4. The van der Waals surface area contributed by atoms with Crippen molar-refractivity contribution in [2.45, 2.75) is 0 Å². The first-order valence-electron chi connectivity index (χ1n) is 2.01. The first-order chi connectivity index (χ1) is 4.13. The Labute approximate surface area is 91.5 Å². The first-order valence-corrected chi connectivity index (χ1v) is 5.46. The van der Waals surface area contributed by atoms with Gasteiger partial charge in [-0.05, 0) is 70.4 Å². The highest BCUT2D eigenvalue weighted by molar-refractivity contribution is 14.1. The van der Waals surface area contributed by atoms with E-state index in [-0.39, 0.29) is 0 Å². The zero-order valence-electron chi connectivity index (χ0n) is 4.01. The Hall–Kier alpha value is 1.45. The second kappa shape index (κ2) is 3.23. The van der Waals surface area contributed by atoms with Gasteiger partial charge in [0.25, 0.3) is 0 Å². The number of aromatic amines is 1. The predicted molar refractivity (Wildman–Crippen MR) is 56.6 cm³/mol. The van der Waals surface area contributed by atoms with Crippen molar-refractivity contribution in [2.24, 2.45) is 0 Å². The molecule has 0 atom stereocenters. The fourth-order valence-corrected chi connectivity index (χ4v) is 2.94. The Bertz CT molecular complexity index is 209. The zero-order chi connectivity index (χ0) is 7.02. The van der Waals surface area contributed by atoms with Crippen LogP contribution >= 0.6 is 70.4 Å². The maximum absolute atomic E-state index is 3.38. The van der Waals surface area contributed by atoms with Crippen LogP contribution in [0.15, 0.2) is 13.5 Å². The summed E-state index contributed by atoms with van der Waals surface area (Å²) >= 11 is 12.3. The molecule has 0 saturated heterocycles. The van der Waals surface area contributed by atoms with E-state index in [0.717, 1.165) is 17.2 Å². The standard InChI is InChI=1S/C4HBr3IN/c5-1-2(6)4(8)9-3(1)7/h9H. The summed E-state index contributed by atoms with van der Waals surface area (Å²) in [6.07, 6.45) is 0. The van der Waals surface area contributed by atoms with Crippen LogP contribution in [0.25, 0.3) is 0 Å². The lowest BCUT2D eigenvalue weighted by Crippen LogP contribution is -1.64. The summed E-state index contributed by atoms with van der Waals surface area (Å²) in [5.74, 6) is 0. The molecule has 0 aliphatic heterocycles. The number of nitrogens with one attached hydrogen (secondary N) is 1. The van der Waals surface area contributed by atoms with Crippen LogP contribution in [0.5, 0.6) is 0 Å². The molecule has 0 amide bonds. The fourth-order valence-electron chi connectivity index (χ4n) is 0.399. The molecule has 0 aliphatic carbocycles. The molecule has 1 rings (SSSR count). The van der Waals surface area contributed by atoms with Crippen LogP contribution in [-0.2, 0) is 0 Å². The molecule has 0 aromatic carbocycles. The van der Waals surface area contributed by atoms with E-state index in [1.54, 1.807) is 0 Å². The van der Waals surface area contributed by atoms with Crippen molar-refractivity contribution in [1.82, 2.24) is 4.98 Å². The molecule has 0 saturated carbocycles. The number of rotatable bonds is 0. The van der Waals surface area contributed by atoms with Gasteiger partial charge < -0.3 is 4.98 Å². The van der Waals surface area contributed by atoms with Gasteiger partial charge in [-0.3, -0.25) is 0 Å². The highest BCUT2D eigenvalue weighted by Gasteiger charge is 2.07. The number of hydrogen-bond donors (Lipinski definition) is 1. The van der Waals surface area contributed by atoms with E-state index < -0.39 is 0 Å². The molecule has 0 fully saturated rings. The molecular weight excluding hydrogens is 429 g/mol. The van der Waals surface area contributed by atoms with Gasteiger partial charge in [0.05, 0.1) is 17.2 Å². The van der Waals surface area contributed by atoms with E-state index >= 15 is 0 Å². The quantitative estimate of drug-likeness (QED) is 0.602. The van der Waals surface area contributed by atoms with Crippen LogP contribution in [0.1, 0.15) is 0 Å². The molecule has 0 aliphatic rings. The second-order valence-corrected chi connectivity index (χ2v) is 4.84. The molecule has 9 heavy (non-hydrogen) atoms. The van der Waals surface area contributed by atoms with Gasteiger partial charge in [0.1, 0.15) is 0 Å². The van der Waals surface area contributed by atoms with Gasteiger partial charge in [0, 0.05) is 0 Å². The molecule has 0 radical (unpaired) electrons. The van der Waals surface area contributed by atoms with E-state index in [1.165, 1.54) is 0 Å². The van der Waals surface area contributed by atoms with Crippen LogP contribution in [0.4, 0.5) is 0 Å². The average Bonchev–Trinajstić information content (AvgIpc) is 1.98. The van der Waals surface area contributed by atoms with Gasteiger partial charge in [-0.25, -0.2) is 0 Å². The number of aromatic nitrogens is 1. The third-order valence-electron chi connectivity index (χ3n) is 0.798. The van der Waals surface area contributed by atoms with Gasteiger partial charge in [-0.2, -0.15) is 0 Å². The molecule has 1 N–H and O–H groups in total. The minimum Gasteiger partial charge on any atom is -0.343 e. The Morgan fingerprint density at radius 1 is 1.11 bits per heavy atom. The molecule has 0 spiro atoms. The van der Waals surface area contributed by atoms with E-state index in [2.05, 4.69) is 75.4 Å². The highest BCUT2D eigenvalue weighted by atomic mass is 127. The summed E-state index contributed by atoms with van der Waals surface area (Å²) in [6.45, 7) is 0. The molecular formula is C4HBr3IN. The lowest BCUT2D eigenvalue weighted by molar-refractivity contribution is 1.30. The third kappa shape index (κ3) is 1.72. The van der Waals surface area contributed by atoms with Gasteiger partial charge >= 0.3 is 0 Å². The summed E-state index contributed by atoms with van der Waals surface area (Å²) < 4.78 is 4.16. The van der Waals surface area contributed by atoms with Crippen LogP contribution in [0.2, 0.25) is 0 Å². The maximum atomic E-state index is 3.38. The first kappa shape index (κ1) is 8.55. The third-order valence-corrected chi connectivity index (χ3v) is 5.59. The van der Waals surface area contributed by atoms with Gasteiger partial charge in [0.15, 0.2) is 0 Å². The van der Waals surface area contributed by atoms with Crippen molar-refractivity contribution in [2.75, 3.05) is 0 Å². The summed E-state index contributed by atoms with van der Waals surface area (Å²) in [4.78, 5) is 3.09. The van der Waals surface area contributed by atoms with E-state index in [1.807, 2.05) is 0 Å². The van der Waals surface area contributed by atoms with Crippen molar-refractivity contribution in [3.8, 4) is 0 Å².